The van der Waals surface area contributed by atoms with Gasteiger partial charge in [-0.15, -0.1) is 12.6 Å². The van der Waals surface area contributed by atoms with Gasteiger partial charge in [0.05, 0.1) is 6.42 Å². The lowest BCUT2D eigenvalue weighted by atomic mass is 9.84. The third-order valence-corrected chi connectivity index (χ3v) is 3.17. The first-order valence-electron chi connectivity index (χ1n) is 6.03. The Labute approximate surface area is 108 Å². The van der Waals surface area contributed by atoms with Gasteiger partial charge in [-0.05, 0) is 12.3 Å². The zero-order valence-corrected chi connectivity index (χ0v) is 11.4. The molecule has 0 fully saturated rings. The van der Waals surface area contributed by atoms with E-state index in [-0.39, 0.29) is 12.3 Å². The second-order valence-corrected chi connectivity index (χ2v) is 5.03. The summed E-state index contributed by atoms with van der Waals surface area (Å²) in [5.41, 5.74) is -1.97. The predicted octanol–water partition coefficient (Wildman–Crippen LogP) is 2.26. The zero-order chi connectivity index (χ0) is 13.5. The number of hydrogen-bond donors (Lipinski definition) is 3. The highest BCUT2D eigenvalue weighted by Gasteiger charge is 2.39. The second kappa shape index (κ2) is 7.71. The lowest BCUT2D eigenvalue weighted by Crippen LogP contribution is -2.41. The van der Waals surface area contributed by atoms with Gasteiger partial charge in [0.1, 0.15) is 0 Å². The molecule has 0 aliphatic heterocycles. The molecule has 0 rings (SSSR count). The number of carbonyl (C=O) groups excluding carboxylic acids is 1. The molecule has 0 amide bonds. The Bertz CT molecular complexity index is 267. The minimum atomic E-state index is -1.97. The van der Waals surface area contributed by atoms with Gasteiger partial charge in [-0.25, -0.2) is 4.79 Å². The van der Waals surface area contributed by atoms with Crippen molar-refractivity contribution in [2.75, 3.05) is 0 Å². The normalized spacial score (nSPS) is 16.2. The number of hydrogen-bond acceptors (Lipinski definition) is 3. The van der Waals surface area contributed by atoms with E-state index in [2.05, 4.69) is 19.6 Å². The molecular weight excluding hydrogens is 240 g/mol. The first-order chi connectivity index (χ1) is 7.85. The molecule has 0 aromatic heterocycles. The molecule has 5 heteroatoms. The average Bonchev–Trinajstić information content (AvgIpc) is 2.22. The standard InChI is InChI=1S/C12H22O4S/c1-3-5-6-9(4-2)7-12(16,11(14)15)8-10(13)17/h9,16H,3-8H2,1-2H3,(H,13,17)(H,14,15). The Morgan fingerprint density at radius 3 is 2.29 bits per heavy atom. The highest BCUT2D eigenvalue weighted by atomic mass is 32.1. The number of unbranched alkanes of at least 4 members (excludes halogenated alkanes) is 1. The van der Waals surface area contributed by atoms with Crippen molar-refractivity contribution in [1.29, 1.82) is 0 Å². The molecule has 2 N–H and O–H groups in total. The molecule has 0 radical (unpaired) electrons. The van der Waals surface area contributed by atoms with Crippen LogP contribution >= 0.6 is 12.6 Å². The summed E-state index contributed by atoms with van der Waals surface area (Å²) in [6.45, 7) is 4.03. The fourth-order valence-corrected chi connectivity index (χ4v) is 2.17. The quantitative estimate of drug-likeness (QED) is 0.557. The lowest BCUT2D eigenvalue weighted by Gasteiger charge is -2.26. The molecule has 100 valence electrons. The minimum Gasteiger partial charge on any atom is -0.479 e. The number of thiol groups is 1. The molecule has 0 aliphatic rings. The van der Waals surface area contributed by atoms with E-state index in [1.54, 1.807) is 0 Å². The smallest absolute Gasteiger partial charge is 0.336 e. The number of aliphatic hydroxyl groups is 1. The molecule has 0 saturated carbocycles. The molecule has 17 heavy (non-hydrogen) atoms. The van der Waals surface area contributed by atoms with Gasteiger partial charge in [-0.3, -0.25) is 4.79 Å². The summed E-state index contributed by atoms with van der Waals surface area (Å²) in [6, 6.07) is 0. The van der Waals surface area contributed by atoms with Gasteiger partial charge >= 0.3 is 5.97 Å². The number of carboxylic acids is 1. The highest BCUT2D eigenvalue weighted by Crippen LogP contribution is 2.27. The molecular formula is C12H22O4S. The summed E-state index contributed by atoms with van der Waals surface area (Å²) in [7, 11) is 0. The van der Waals surface area contributed by atoms with Crippen molar-refractivity contribution in [2.24, 2.45) is 5.92 Å². The van der Waals surface area contributed by atoms with Crippen molar-refractivity contribution in [3.8, 4) is 0 Å². The van der Waals surface area contributed by atoms with Crippen molar-refractivity contribution in [2.45, 2.75) is 58.0 Å². The number of carbonyl (C=O) groups is 2. The number of aliphatic carboxylic acids is 1. The van der Waals surface area contributed by atoms with Crippen LogP contribution in [-0.2, 0) is 9.59 Å². The van der Waals surface area contributed by atoms with Gasteiger partial charge in [0.2, 0.25) is 0 Å². The van der Waals surface area contributed by atoms with Gasteiger partial charge in [0.15, 0.2) is 10.7 Å². The van der Waals surface area contributed by atoms with Crippen LogP contribution in [0.4, 0.5) is 0 Å². The predicted molar refractivity (Wildman–Crippen MR) is 69.1 cm³/mol. The summed E-state index contributed by atoms with van der Waals surface area (Å²) in [4.78, 5) is 21.9. The third-order valence-electron chi connectivity index (χ3n) is 3.01. The second-order valence-electron chi connectivity index (χ2n) is 4.53. The Morgan fingerprint density at radius 2 is 1.94 bits per heavy atom. The summed E-state index contributed by atoms with van der Waals surface area (Å²) in [5.74, 6) is -1.21. The summed E-state index contributed by atoms with van der Waals surface area (Å²) in [5, 5.41) is 18.4. The monoisotopic (exact) mass is 262 g/mol. The van der Waals surface area contributed by atoms with Crippen molar-refractivity contribution in [3.05, 3.63) is 0 Å². The molecule has 0 bridgehead atoms. The van der Waals surface area contributed by atoms with Crippen molar-refractivity contribution >= 4 is 23.7 Å². The largest absolute Gasteiger partial charge is 0.479 e. The van der Waals surface area contributed by atoms with Gasteiger partial charge in [-0.1, -0.05) is 39.5 Å². The first-order valence-corrected chi connectivity index (χ1v) is 6.48. The SMILES string of the molecule is CCCCC(CC)CC(O)(CC(=O)S)C(=O)O. The Kier molecular flexibility index (Phi) is 7.46. The Hall–Kier alpha value is -0.550. The van der Waals surface area contributed by atoms with Crippen LogP contribution in [-0.4, -0.2) is 26.9 Å². The molecule has 2 atom stereocenters. The summed E-state index contributed by atoms with van der Waals surface area (Å²) >= 11 is 3.55. The van der Waals surface area contributed by atoms with Crippen LogP contribution in [0.1, 0.15) is 52.4 Å². The van der Waals surface area contributed by atoms with Gasteiger partial charge in [-0.2, -0.15) is 0 Å². The van der Waals surface area contributed by atoms with Crippen LogP contribution in [0.15, 0.2) is 0 Å². The minimum absolute atomic E-state index is 0.116. The van der Waals surface area contributed by atoms with E-state index in [4.69, 9.17) is 5.11 Å². The topological polar surface area (TPSA) is 74.6 Å². The molecule has 0 spiro atoms. The number of carboxylic acid groups (broad SMARTS) is 1. The van der Waals surface area contributed by atoms with Crippen LogP contribution in [0.3, 0.4) is 0 Å². The highest BCUT2D eigenvalue weighted by molar-refractivity contribution is 7.96. The molecule has 0 aromatic carbocycles. The maximum Gasteiger partial charge on any atom is 0.336 e. The van der Waals surface area contributed by atoms with Crippen molar-refractivity contribution < 1.29 is 19.8 Å². The van der Waals surface area contributed by atoms with Gasteiger partial charge in [0.25, 0.3) is 0 Å². The average molecular weight is 262 g/mol. The molecule has 0 aromatic rings. The third kappa shape index (κ3) is 6.07. The van der Waals surface area contributed by atoms with Crippen LogP contribution < -0.4 is 0 Å². The van der Waals surface area contributed by atoms with Crippen LogP contribution in [0, 0.1) is 5.92 Å². The van der Waals surface area contributed by atoms with E-state index in [0.717, 1.165) is 25.7 Å². The lowest BCUT2D eigenvalue weighted by molar-refractivity contribution is -0.162. The molecule has 4 nitrogen and oxygen atoms in total. The molecule has 0 saturated heterocycles. The molecule has 0 heterocycles. The number of rotatable bonds is 9. The summed E-state index contributed by atoms with van der Waals surface area (Å²) in [6.07, 6.45) is 3.40. The fourth-order valence-electron chi connectivity index (χ4n) is 1.91. The van der Waals surface area contributed by atoms with E-state index in [9.17, 15) is 14.7 Å². The zero-order valence-electron chi connectivity index (χ0n) is 10.5. The van der Waals surface area contributed by atoms with E-state index in [1.165, 1.54) is 0 Å². The molecule has 0 aliphatic carbocycles. The summed E-state index contributed by atoms with van der Waals surface area (Å²) < 4.78 is 0. The first kappa shape index (κ1) is 16.4. The maximum absolute atomic E-state index is 11.0. The Balaban J connectivity index is 4.60. The van der Waals surface area contributed by atoms with Crippen molar-refractivity contribution in [3.63, 3.8) is 0 Å². The van der Waals surface area contributed by atoms with E-state index in [0.29, 0.717) is 0 Å². The van der Waals surface area contributed by atoms with E-state index < -0.39 is 23.1 Å². The molecule has 2 unspecified atom stereocenters. The van der Waals surface area contributed by atoms with Crippen LogP contribution in [0.5, 0.6) is 0 Å². The fraction of sp³-hybridized carbons (Fsp3) is 0.833. The van der Waals surface area contributed by atoms with Crippen molar-refractivity contribution in [1.82, 2.24) is 0 Å². The Morgan fingerprint density at radius 1 is 1.35 bits per heavy atom. The van der Waals surface area contributed by atoms with E-state index in [1.807, 2.05) is 6.92 Å². The van der Waals surface area contributed by atoms with Gasteiger partial charge in [0, 0.05) is 0 Å². The maximum atomic E-state index is 11.0. The van der Waals surface area contributed by atoms with Crippen LogP contribution in [0.25, 0.3) is 0 Å². The van der Waals surface area contributed by atoms with Gasteiger partial charge < -0.3 is 10.2 Å². The van der Waals surface area contributed by atoms with E-state index >= 15 is 0 Å². The van der Waals surface area contributed by atoms with Crippen LogP contribution in [0.2, 0.25) is 0 Å².